The first-order chi connectivity index (χ1) is 8.49. The minimum atomic E-state index is -3.72. The number of hydrogen-bond donors (Lipinski definition) is 2. The number of aryl methyl sites for hydroxylation is 1. The molecule has 0 aliphatic heterocycles. The molecule has 0 saturated heterocycles. The number of nitrogens with zero attached hydrogens (tertiary/aromatic N) is 1. The molecule has 1 heterocycles. The summed E-state index contributed by atoms with van der Waals surface area (Å²) in [4.78, 5) is 4.03. The highest BCUT2D eigenvalue weighted by Gasteiger charge is 2.17. The monoisotopic (exact) mass is 284 g/mol. The van der Waals surface area contributed by atoms with E-state index in [2.05, 4.69) is 9.71 Å². The Labute approximate surface area is 109 Å². The van der Waals surface area contributed by atoms with Crippen LogP contribution in [-0.4, -0.2) is 18.5 Å². The molecule has 0 amide bonds. The van der Waals surface area contributed by atoms with E-state index in [4.69, 9.17) is 0 Å². The van der Waals surface area contributed by atoms with Gasteiger partial charge < -0.3 is 5.11 Å². The SMILES string of the molecule is Cc1nc(CNS(=O)(=O)c2ccccc2O)cs1. The second-order valence-corrected chi connectivity index (χ2v) is 6.45. The third kappa shape index (κ3) is 2.87. The zero-order chi connectivity index (χ0) is 13.2. The third-order valence-electron chi connectivity index (χ3n) is 2.26. The molecule has 2 rings (SSSR count). The summed E-state index contributed by atoms with van der Waals surface area (Å²) in [6.45, 7) is 1.96. The second-order valence-electron chi connectivity index (χ2n) is 3.65. The van der Waals surface area contributed by atoms with Crippen molar-refractivity contribution in [3.05, 3.63) is 40.3 Å². The maximum absolute atomic E-state index is 11.9. The summed E-state index contributed by atoms with van der Waals surface area (Å²) in [7, 11) is -3.72. The Kier molecular flexibility index (Phi) is 3.65. The van der Waals surface area contributed by atoms with Crippen molar-refractivity contribution in [3.63, 3.8) is 0 Å². The summed E-state index contributed by atoms with van der Waals surface area (Å²) < 4.78 is 26.3. The number of phenolic OH excluding ortho intramolecular Hbond substituents is 1. The number of hydrogen-bond acceptors (Lipinski definition) is 5. The summed E-state index contributed by atoms with van der Waals surface area (Å²) in [5, 5.41) is 12.2. The van der Waals surface area contributed by atoms with E-state index < -0.39 is 10.0 Å². The Bertz CT molecular complexity index is 650. The van der Waals surface area contributed by atoms with Gasteiger partial charge in [-0.2, -0.15) is 0 Å². The van der Waals surface area contributed by atoms with Crippen LogP contribution in [-0.2, 0) is 16.6 Å². The number of rotatable bonds is 4. The maximum Gasteiger partial charge on any atom is 0.244 e. The average Bonchev–Trinajstić information content (AvgIpc) is 2.73. The second kappa shape index (κ2) is 5.05. The highest BCUT2D eigenvalue weighted by atomic mass is 32.2. The molecule has 2 N–H and O–H groups in total. The standard InChI is InChI=1S/C11H12N2O3S2/c1-8-13-9(7-17-8)6-12-18(15,16)11-5-3-2-4-10(11)14/h2-5,7,12,14H,6H2,1H3. The van der Waals surface area contributed by atoms with E-state index in [1.807, 2.05) is 6.92 Å². The van der Waals surface area contributed by atoms with Crippen molar-refractivity contribution < 1.29 is 13.5 Å². The average molecular weight is 284 g/mol. The van der Waals surface area contributed by atoms with Crippen molar-refractivity contribution in [2.75, 3.05) is 0 Å². The lowest BCUT2D eigenvalue weighted by Crippen LogP contribution is -2.23. The quantitative estimate of drug-likeness (QED) is 0.894. The molecular weight excluding hydrogens is 272 g/mol. The highest BCUT2D eigenvalue weighted by Crippen LogP contribution is 2.21. The van der Waals surface area contributed by atoms with Crippen LogP contribution in [0.15, 0.2) is 34.5 Å². The van der Waals surface area contributed by atoms with Crippen LogP contribution in [0.1, 0.15) is 10.7 Å². The Morgan fingerprint density at radius 3 is 2.72 bits per heavy atom. The van der Waals surface area contributed by atoms with Crippen LogP contribution in [0, 0.1) is 6.92 Å². The zero-order valence-electron chi connectivity index (χ0n) is 9.62. The molecule has 2 aromatic rings. The van der Waals surface area contributed by atoms with Crippen molar-refractivity contribution in [3.8, 4) is 5.75 Å². The fourth-order valence-corrected chi connectivity index (χ4v) is 3.13. The molecule has 0 fully saturated rings. The minimum Gasteiger partial charge on any atom is -0.507 e. The molecule has 0 bridgehead atoms. The predicted octanol–water partition coefficient (Wildman–Crippen LogP) is 1.64. The molecule has 0 spiro atoms. The Balaban J connectivity index is 2.16. The maximum atomic E-state index is 11.9. The van der Waals surface area contributed by atoms with E-state index >= 15 is 0 Å². The van der Waals surface area contributed by atoms with Gasteiger partial charge in [0.2, 0.25) is 10.0 Å². The molecule has 1 aromatic heterocycles. The highest BCUT2D eigenvalue weighted by molar-refractivity contribution is 7.89. The third-order valence-corrected chi connectivity index (χ3v) is 4.54. The van der Waals surface area contributed by atoms with Gasteiger partial charge in [0.1, 0.15) is 10.6 Å². The van der Waals surface area contributed by atoms with Gasteiger partial charge in [0.05, 0.1) is 17.2 Å². The zero-order valence-corrected chi connectivity index (χ0v) is 11.3. The molecule has 0 unspecified atom stereocenters. The van der Waals surface area contributed by atoms with Crippen molar-refractivity contribution in [1.82, 2.24) is 9.71 Å². The van der Waals surface area contributed by atoms with Crippen molar-refractivity contribution in [1.29, 1.82) is 0 Å². The van der Waals surface area contributed by atoms with E-state index in [0.717, 1.165) is 5.01 Å². The van der Waals surface area contributed by atoms with Crippen LogP contribution < -0.4 is 4.72 Å². The lowest BCUT2D eigenvalue weighted by atomic mass is 10.3. The number of phenols is 1. The molecule has 0 aliphatic carbocycles. The largest absolute Gasteiger partial charge is 0.507 e. The molecular formula is C11H12N2O3S2. The number of benzene rings is 1. The lowest BCUT2D eigenvalue weighted by Gasteiger charge is -2.06. The van der Waals surface area contributed by atoms with Gasteiger partial charge in [-0.1, -0.05) is 12.1 Å². The summed E-state index contributed by atoms with van der Waals surface area (Å²) in [6, 6.07) is 5.81. The number of aromatic hydroxyl groups is 1. The van der Waals surface area contributed by atoms with Gasteiger partial charge in [0.25, 0.3) is 0 Å². The number of aromatic nitrogens is 1. The summed E-state index contributed by atoms with van der Waals surface area (Å²) in [6.07, 6.45) is 0. The summed E-state index contributed by atoms with van der Waals surface area (Å²) in [5.41, 5.74) is 0.663. The van der Waals surface area contributed by atoms with Crippen LogP contribution in [0.3, 0.4) is 0 Å². The number of sulfonamides is 1. The lowest BCUT2D eigenvalue weighted by molar-refractivity contribution is 0.458. The predicted molar refractivity (Wildman–Crippen MR) is 69.0 cm³/mol. The number of para-hydroxylation sites is 1. The van der Waals surface area contributed by atoms with Crippen LogP contribution in [0.25, 0.3) is 0 Å². The van der Waals surface area contributed by atoms with E-state index in [0.29, 0.717) is 5.69 Å². The Hall–Kier alpha value is -1.44. The van der Waals surface area contributed by atoms with Gasteiger partial charge in [-0.3, -0.25) is 0 Å². The molecule has 18 heavy (non-hydrogen) atoms. The Morgan fingerprint density at radius 1 is 1.39 bits per heavy atom. The fraction of sp³-hybridized carbons (Fsp3) is 0.182. The van der Waals surface area contributed by atoms with Gasteiger partial charge in [-0.05, 0) is 19.1 Å². The number of nitrogens with one attached hydrogen (secondary N) is 1. The first-order valence-corrected chi connectivity index (χ1v) is 7.54. The Morgan fingerprint density at radius 2 is 2.11 bits per heavy atom. The van der Waals surface area contributed by atoms with E-state index in [1.165, 1.54) is 23.5 Å². The summed E-state index contributed by atoms with van der Waals surface area (Å²) in [5.74, 6) is -0.264. The van der Waals surface area contributed by atoms with Crippen molar-refractivity contribution >= 4 is 21.4 Å². The smallest absolute Gasteiger partial charge is 0.244 e. The van der Waals surface area contributed by atoms with Crippen LogP contribution >= 0.6 is 11.3 Å². The van der Waals surface area contributed by atoms with Crippen molar-refractivity contribution in [2.45, 2.75) is 18.4 Å². The molecule has 0 atom stereocenters. The molecule has 0 aliphatic rings. The molecule has 96 valence electrons. The van der Waals surface area contributed by atoms with Crippen molar-refractivity contribution in [2.24, 2.45) is 0 Å². The van der Waals surface area contributed by atoms with E-state index in [-0.39, 0.29) is 17.2 Å². The van der Waals surface area contributed by atoms with Gasteiger partial charge in [-0.15, -0.1) is 11.3 Å². The van der Waals surface area contributed by atoms with Gasteiger partial charge in [0.15, 0.2) is 0 Å². The topological polar surface area (TPSA) is 79.3 Å². The van der Waals surface area contributed by atoms with Crippen LogP contribution in [0.2, 0.25) is 0 Å². The molecule has 1 aromatic carbocycles. The normalized spacial score (nSPS) is 11.6. The molecule has 5 nitrogen and oxygen atoms in total. The van der Waals surface area contributed by atoms with Gasteiger partial charge >= 0.3 is 0 Å². The first-order valence-electron chi connectivity index (χ1n) is 5.18. The van der Waals surface area contributed by atoms with Gasteiger partial charge in [-0.25, -0.2) is 18.1 Å². The van der Waals surface area contributed by atoms with Crippen LogP contribution in [0.4, 0.5) is 0 Å². The first kappa shape index (κ1) is 13.0. The van der Waals surface area contributed by atoms with Crippen LogP contribution in [0.5, 0.6) is 5.75 Å². The molecule has 0 saturated carbocycles. The van der Waals surface area contributed by atoms with E-state index in [9.17, 15) is 13.5 Å². The number of thiazole rings is 1. The fourth-order valence-electron chi connectivity index (χ4n) is 1.42. The summed E-state index contributed by atoms with van der Waals surface area (Å²) >= 11 is 1.46. The van der Waals surface area contributed by atoms with Gasteiger partial charge in [0, 0.05) is 5.38 Å². The molecule has 0 radical (unpaired) electrons. The molecule has 7 heteroatoms. The minimum absolute atomic E-state index is 0.112. The van der Waals surface area contributed by atoms with E-state index in [1.54, 1.807) is 17.5 Å².